The van der Waals surface area contributed by atoms with Gasteiger partial charge in [0.2, 0.25) is 18.4 Å². The molecule has 0 aliphatic carbocycles. The van der Waals surface area contributed by atoms with E-state index in [4.69, 9.17) is 40.0 Å². The standard InChI is InChI=1S/C23H27ClN6O4.C21H31N5O3/c1-14(2)34-18-10-15(31-8-7-30-5-3-25-4-6-30)9-17-19(18)22(28-12-27-17)29-20-16(24)11-26-23-21(20)32-13-33-23;1-16(2)29-20-12-17(11-19-18(20)13-22-15-23-19)28-10-9-25-5-7-26(8-6-25)21(27)14-24(3)4/h9-12,14,25H,3-8,13H2,1-2H3,(H,26,27,28,29);11-13,15-16H,5-10,14H2,1-4H3. The van der Waals surface area contributed by atoms with Gasteiger partial charge in [-0.1, -0.05) is 11.6 Å². The van der Waals surface area contributed by atoms with E-state index in [1.807, 2.05) is 75.9 Å². The van der Waals surface area contributed by atoms with E-state index in [-0.39, 0.29) is 24.9 Å². The summed E-state index contributed by atoms with van der Waals surface area (Å²) in [4.78, 5) is 42.2. The van der Waals surface area contributed by atoms with E-state index in [9.17, 15) is 4.79 Å². The van der Waals surface area contributed by atoms with Crippen LogP contribution in [-0.4, -0.2) is 169 Å². The van der Waals surface area contributed by atoms with Gasteiger partial charge in [-0.3, -0.25) is 14.6 Å². The highest BCUT2D eigenvalue weighted by molar-refractivity contribution is 6.33. The van der Waals surface area contributed by atoms with Crippen LogP contribution in [0, 0.1) is 0 Å². The molecule has 3 aliphatic heterocycles. The van der Waals surface area contributed by atoms with Crippen molar-refractivity contribution in [3.8, 4) is 34.6 Å². The summed E-state index contributed by atoms with van der Waals surface area (Å²) in [5, 5.41) is 8.62. The lowest BCUT2D eigenvalue weighted by molar-refractivity contribution is -0.133. The first-order valence-corrected chi connectivity index (χ1v) is 21.8. The van der Waals surface area contributed by atoms with Crippen molar-refractivity contribution >= 4 is 50.8 Å². The molecule has 6 heterocycles. The molecule has 1 amide bonds. The third-order valence-electron chi connectivity index (χ3n) is 10.3. The lowest BCUT2D eigenvalue weighted by Gasteiger charge is -2.35. The van der Waals surface area contributed by atoms with Crippen LogP contribution in [0.25, 0.3) is 21.8 Å². The van der Waals surface area contributed by atoms with Crippen molar-refractivity contribution in [2.24, 2.45) is 0 Å². The van der Waals surface area contributed by atoms with Crippen LogP contribution in [0.1, 0.15) is 27.7 Å². The first kappa shape index (κ1) is 45.5. The fourth-order valence-electron chi connectivity index (χ4n) is 7.30. The molecule has 2 saturated heterocycles. The molecule has 63 heavy (non-hydrogen) atoms. The third kappa shape index (κ3) is 12.4. The van der Waals surface area contributed by atoms with Gasteiger partial charge < -0.3 is 48.9 Å². The van der Waals surface area contributed by atoms with Crippen molar-refractivity contribution < 1.29 is 33.2 Å². The van der Waals surface area contributed by atoms with Gasteiger partial charge in [0, 0.05) is 95.9 Å². The summed E-state index contributed by atoms with van der Waals surface area (Å²) in [7, 11) is 3.84. The number of rotatable bonds is 16. The quantitative estimate of drug-likeness (QED) is 0.139. The number of likely N-dealkylation sites (N-methyl/N-ethyl adjacent to an activating group) is 1. The van der Waals surface area contributed by atoms with Crippen molar-refractivity contribution in [1.82, 2.24) is 49.8 Å². The molecule has 0 spiro atoms. The summed E-state index contributed by atoms with van der Waals surface area (Å²) in [6, 6.07) is 7.60. The zero-order valence-electron chi connectivity index (χ0n) is 36.9. The van der Waals surface area contributed by atoms with Crippen LogP contribution < -0.4 is 39.1 Å². The first-order chi connectivity index (χ1) is 30.5. The summed E-state index contributed by atoms with van der Waals surface area (Å²) in [5.74, 6) is 4.34. The van der Waals surface area contributed by atoms with Gasteiger partial charge in [-0.15, -0.1) is 0 Å². The average molecular weight is 888 g/mol. The maximum atomic E-state index is 12.1. The second-order valence-electron chi connectivity index (χ2n) is 16.1. The first-order valence-electron chi connectivity index (χ1n) is 21.4. The van der Waals surface area contributed by atoms with E-state index >= 15 is 0 Å². The molecule has 2 aromatic carbocycles. The summed E-state index contributed by atoms with van der Waals surface area (Å²) < 4.78 is 35.1. The maximum absolute atomic E-state index is 12.1. The number of benzene rings is 2. The average Bonchev–Trinajstić information content (AvgIpc) is 3.74. The van der Waals surface area contributed by atoms with E-state index in [0.717, 1.165) is 87.8 Å². The number of carbonyl (C=O) groups excluding carboxylic acids is 1. The number of nitrogens with one attached hydrogen (secondary N) is 2. The van der Waals surface area contributed by atoms with Gasteiger partial charge >= 0.3 is 0 Å². The number of hydrogen-bond acceptors (Lipinski definition) is 17. The van der Waals surface area contributed by atoms with Gasteiger partial charge in [-0.25, -0.2) is 24.9 Å². The molecule has 2 N–H and O–H groups in total. The van der Waals surface area contributed by atoms with Crippen molar-refractivity contribution in [3.05, 3.63) is 54.3 Å². The summed E-state index contributed by atoms with van der Waals surface area (Å²) >= 11 is 6.42. The number of anilines is 2. The minimum absolute atomic E-state index is 0.0557. The Morgan fingerprint density at radius 2 is 1.46 bits per heavy atom. The molecule has 18 nitrogen and oxygen atoms in total. The highest BCUT2D eigenvalue weighted by Gasteiger charge is 2.25. The molecule has 19 heteroatoms. The van der Waals surface area contributed by atoms with E-state index in [2.05, 4.69) is 45.4 Å². The van der Waals surface area contributed by atoms with Crippen LogP contribution in [0.15, 0.2) is 49.3 Å². The molecule has 0 atom stereocenters. The van der Waals surface area contributed by atoms with Crippen LogP contribution in [0.2, 0.25) is 5.02 Å². The number of pyridine rings is 1. The lowest BCUT2D eigenvalue weighted by atomic mass is 10.2. The lowest BCUT2D eigenvalue weighted by Crippen LogP contribution is -2.51. The molecule has 0 bridgehead atoms. The molecule has 338 valence electrons. The van der Waals surface area contributed by atoms with Gasteiger partial charge in [0.15, 0.2) is 0 Å². The van der Waals surface area contributed by atoms with Crippen LogP contribution in [0.3, 0.4) is 0 Å². The predicted octanol–water partition coefficient (Wildman–Crippen LogP) is 4.72. The Morgan fingerprint density at radius 3 is 2.16 bits per heavy atom. The predicted molar refractivity (Wildman–Crippen MR) is 241 cm³/mol. The second kappa shape index (κ2) is 21.7. The number of amides is 1. The molecule has 0 radical (unpaired) electrons. The van der Waals surface area contributed by atoms with Gasteiger partial charge in [0.05, 0.1) is 51.8 Å². The monoisotopic (exact) mass is 887 g/mol. The van der Waals surface area contributed by atoms with E-state index < -0.39 is 0 Å². The van der Waals surface area contributed by atoms with E-state index in [1.165, 1.54) is 18.9 Å². The SMILES string of the molecule is CC(C)Oc1cc(OCCN2CCN(C(=O)CN(C)C)CC2)cc2ncncc12.CC(C)Oc1cc(OCCN2CCNCC2)cc2ncnc(Nc3c(Cl)cnc4c3OCO4)c12. The van der Waals surface area contributed by atoms with Gasteiger partial charge in [-0.2, -0.15) is 0 Å². The van der Waals surface area contributed by atoms with Crippen LogP contribution in [0.5, 0.6) is 34.6 Å². The van der Waals surface area contributed by atoms with Crippen LogP contribution in [-0.2, 0) is 4.79 Å². The number of aromatic nitrogens is 5. The largest absolute Gasteiger partial charge is 0.492 e. The zero-order chi connectivity index (χ0) is 44.3. The summed E-state index contributed by atoms with van der Waals surface area (Å²) in [5.41, 5.74) is 2.02. The van der Waals surface area contributed by atoms with Crippen molar-refractivity contribution in [2.75, 3.05) is 111 Å². The van der Waals surface area contributed by atoms with Crippen molar-refractivity contribution in [3.63, 3.8) is 0 Å². The Labute approximate surface area is 373 Å². The van der Waals surface area contributed by atoms with Crippen LogP contribution in [0.4, 0.5) is 11.5 Å². The zero-order valence-corrected chi connectivity index (χ0v) is 37.7. The van der Waals surface area contributed by atoms with E-state index in [0.29, 0.717) is 70.3 Å². The third-order valence-corrected chi connectivity index (χ3v) is 10.6. The van der Waals surface area contributed by atoms with E-state index in [1.54, 1.807) is 6.20 Å². The fraction of sp³-hybridized carbons (Fsp3) is 0.500. The number of fused-ring (bicyclic) bond motifs is 3. The smallest absolute Gasteiger partial charge is 0.262 e. The fourth-order valence-corrected chi connectivity index (χ4v) is 7.48. The number of hydrogen-bond donors (Lipinski definition) is 2. The summed E-state index contributed by atoms with van der Waals surface area (Å²) in [6.07, 6.45) is 6.29. The maximum Gasteiger partial charge on any atom is 0.262 e. The normalized spacial score (nSPS) is 15.5. The molecular formula is C44H58ClN11O7. The molecule has 8 rings (SSSR count). The van der Waals surface area contributed by atoms with Gasteiger partial charge in [0.1, 0.15) is 60.4 Å². The van der Waals surface area contributed by atoms with Crippen molar-refractivity contribution in [1.29, 1.82) is 0 Å². The number of carbonyl (C=O) groups is 1. The van der Waals surface area contributed by atoms with Crippen molar-refractivity contribution in [2.45, 2.75) is 39.9 Å². The molecular weight excluding hydrogens is 830 g/mol. The number of halogens is 1. The molecule has 0 unspecified atom stereocenters. The van der Waals surface area contributed by atoms with Crippen LogP contribution >= 0.6 is 11.6 Å². The highest BCUT2D eigenvalue weighted by atomic mass is 35.5. The molecule has 3 aromatic heterocycles. The number of nitrogens with zero attached hydrogens (tertiary/aromatic N) is 9. The van der Waals surface area contributed by atoms with Gasteiger partial charge in [-0.05, 0) is 41.8 Å². The minimum Gasteiger partial charge on any atom is -0.492 e. The highest BCUT2D eigenvalue weighted by Crippen LogP contribution is 2.44. The number of piperazine rings is 2. The Kier molecular flexibility index (Phi) is 15.7. The molecule has 5 aromatic rings. The minimum atomic E-state index is -0.0575. The van der Waals surface area contributed by atoms with Gasteiger partial charge in [0.25, 0.3) is 5.88 Å². The molecule has 3 aliphatic rings. The Bertz CT molecular complexity index is 2310. The Balaban J connectivity index is 0.000000192. The second-order valence-corrected chi connectivity index (χ2v) is 16.6. The number of ether oxygens (including phenoxy) is 6. The Hall–Kier alpha value is -5.53. The molecule has 0 saturated carbocycles. The molecule has 2 fully saturated rings. The summed E-state index contributed by atoms with van der Waals surface area (Å²) in [6.45, 7) is 18.7. The Morgan fingerprint density at radius 1 is 0.810 bits per heavy atom. The topological polar surface area (TPSA) is 174 Å².